The van der Waals surface area contributed by atoms with Gasteiger partial charge >= 0.3 is 5.97 Å². The predicted octanol–water partition coefficient (Wildman–Crippen LogP) is 3.97. The fourth-order valence-electron chi connectivity index (χ4n) is 3.69. The van der Waals surface area contributed by atoms with Gasteiger partial charge in [0.2, 0.25) is 5.91 Å². The van der Waals surface area contributed by atoms with Crippen molar-refractivity contribution in [2.75, 3.05) is 18.4 Å². The van der Waals surface area contributed by atoms with Crippen molar-refractivity contribution in [2.45, 2.75) is 32.8 Å². The molecule has 4 rings (SSSR count). The molecule has 1 amide bonds. The quantitative estimate of drug-likeness (QED) is 0.613. The van der Waals surface area contributed by atoms with Crippen LogP contribution in [0.15, 0.2) is 24.5 Å². The summed E-state index contributed by atoms with van der Waals surface area (Å²) >= 11 is 1.08. The molecule has 1 aliphatic rings. The summed E-state index contributed by atoms with van der Waals surface area (Å²) in [5.41, 5.74) is 1.05. The van der Waals surface area contributed by atoms with Gasteiger partial charge in [0, 0.05) is 19.5 Å². The molecule has 1 atom stereocenters. The maximum absolute atomic E-state index is 14.0. The standard InChI is InChI=1S/C21H21FN4O4S/c1-11-17-19(23-10-24-20(17)31-18(11)21(28)29)25-15-6-5-13(22)8-16(15)30-14-4-3-7-26(9-14)12(2)27/h5-6,8,10,14H,3-4,7,9H2,1-2H3,(H,28,29)(H,23,24,25). The normalized spacial score (nSPS) is 16.4. The van der Waals surface area contributed by atoms with E-state index < -0.39 is 11.8 Å². The van der Waals surface area contributed by atoms with Gasteiger partial charge in [0.05, 0.1) is 17.6 Å². The number of aromatic carboxylic acids is 1. The highest BCUT2D eigenvalue weighted by molar-refractivity contribution is 7.20. The molecule has 1 unspecified atom stereocenters. The second-order valence-corrected chi connectivity index (χ2v) is 8.38. The first-order valence-electron chi connectivity index (χ1n) is 9.79. The second-order valence-electron chi connectivity index (χ2n) is 7.38. The third kappa shape index (κ3) is 4.29. The van der Waals surface area contributed by atoms with Crippen LogP contribution < -0.4 is 10.1 Å². The number of nitrogens with zero attached hydrogens (tertiary/aromatic N) is 3. The number of aromatic nitrogens is 2. The lowest BCUT2D eigenvalue weighted by Crippen LogP contribution is -2.43. The minimum absolute atomic E-state index is 0.0172. The van der Waals surface area contributed by atoms with Crippen LogP contribution in [-0.4, -0.2) is 51.0 Å². The van der Waals surface area contributed by atoms with Crippen LogP contribution in [0.4, 0.5) is 15.9 Å². The summed E-state index contributed by atoms with van der Waals surface area (Å²) in [6, 6.07) is 4.14. The summed E-state index contributed by atoms with van der Waals surface area (Å²) in [5, 5.41) is 13.2. The second kappa shape index (κ2) is 8.46. The van der Waals surface area contributed by atoms with Gasteiger partial charge in [-0.15, -0.1) is 11.3 Å². The fraction of sp³-hybridized carbons (Fsp3) is 0.333. The number of piperidine rings is 1. The van der Waals surface area contributed by atoms with Gasteiger partial charge in [-0.25, -0.2) is 19.2 Å². The number of aryl methyl sites for hydroxylation is 1. The summed E-state index contributed by atoms with van der Waals surface area (Å²) in [6.45, 7) is 4.35. The molecule has 0 saturated carbocycles. The van der Waals surface area contributed by atoms with Crippen molar-refractivity contribution in [3.63, 3.8) is 0 Å². The number of rotatable bonds is 5. The maximum atomic E-state index is 14.0. The Hall–Kier alpha value is -3.27. The van der Waals surface area contributed by atoms with Crippen molar-refractivity contribution in [3.8, 4) is 5.75 Å². The molecular formula is C21H21FN4O4S. The number of hydrogen-bond donors (Lipinski definition) is 2. The zero-order valence-corrected chi connectivity index (χ0v) is 17.8. The summed E-state index contributed by atoms with van der Waals surface area (Å²) in [6.07, 6.45) is 2.65. The van der Waals surface area contributed by atoms with E-state index >= 15 is 0 Å². The molecular weight excluding hydrogens is 423 g/mol. The van der Waals surface area contributed by atoms with E-state index in [-0.39, 0.29) is 16.9 Å². The van der Waals surface area contributed by atoms with Crippen LogP contribution in [0, 0.1) is 12.7 Å². The number of hydrogen-bond acceptors (Lipinski definition) is 7. The molecule has 0 bridgehead atoms. The van der Waals surface area contributed by atoms with Crippen LogP contribution in [0.1, 0.15) is 35.0 Å². The van der Waals surface area contributed by atoms with Crippen LogP contribution in [0.3, 0.4) is 0 Å². The molecule has 8 nitrogen and oxygen atoms in total. The third-order valence-corrected chi connectivity index (χ3v) is 6.42. The van der Waals surface area contributed by atoms with Crippen LogP contribution in [-0.2, 0) is 4.79 Å². The Bertz CT molecular complexity index is 1170. The van der Waals surface area contributed by atoms with Crippen LogP contribution in [0.25, 0.3) is 10.2 Å². The van der Waals surface area contributed by atoms with Crippen molar-refractivity contribution in [1.29, 1.82) is 0 Å². The highest BCUT2D eigenvalue weighted by atomic mass is 32.1. The molecule has 162 valence electrons. The van der Waals surface area contributed by atoms with Crippen molar-refractivity contribution < 1.29 is 23.8 Å². The Morgan fingerprint density at radius 3 is 2.90 bits per heavy atom. The number of amides is 1. The Morgan fingerprint density at radius 1 is 1.35 bits per heavy atom. The molecule has 3 aromatic rings. The van der Waals surface area contributed by atoms with Crippen LogP contribution in [0.2, 0.25) is 0 Å². The average molecular weight is 444 g/mol. The van der Waals surface area contributed by atoms with Gasteiger partial charge in [-0.1, -0.05) is 0 Å². The van der Waals surface area contributed by atoms with E-state index in [2.05, 4.69) is 15.3 Å². The lowest BCUT2D eigenvalue weighted by molar-refractivity contribution is -0.131. The number of thiophene rings is 1. The number of carbonyl (C=O) groups excluding carboxylic acids is 1. The maximum Gasteiger partial charge on any atom is 0.346 e. The van der Waals surface area contributed by atoms with Crippen molar-refractivity contribution in [1.82, 2.24) is 14.9 Å². The molecule has 0 radical (unpaired) electrons. The molecule has 1 aliphatic heterocycles. The largest absolute Gasteiger partial charge is 0.486 e. The predicted molar refractivity (Wildman–Crippen MR) is 115 cm³/mol. The van der Waals surface area contributed by atoms with Gasteiger partial charge in [-0.2, -0.15) is 0 Å². The molecule has 1 saturated heterocycles. The van der Waals surface area contributed by atoms with E-state index in [1.165, 1.54) is 25.4 Å². The van der Waals surface area contributed by atoms with E-state index in [4.69, 9.17) is 4.74 Å². The number of halogens is 1. The number of anilines is 2. The van der Waals surface area contributed by atoms with Gasteiger partial charge < -0.3 is 20.1 Å². The average Bonchev–Trinajstić information content (AvgIpc) is 3.08. The number of fused-ring (bicyclic) bond motifs is 1. The number of likely N-dealkylation sites (tertiary alicyclic amines) is 1. The fourth-order valence-corrected chi connectivity index (χ4v) is 4.68. The smallest absolute Gasteiger partial charge is 0.346 e. The molecule has 2 N–H and O–H groups in total. The minimum Gasteiger partial charge on any atom is -0.486 e. The molecule has 10 heteroatoms. The first kappa shape index (κ1) is 21.0. The van der Waals surface area contributed by atoms with E-state index in [9.17, 15) is 19.1 Å². The molecule has 1 aromatic carbocycles. The number of carboxylic acid groups (broad SMARTS) is 1. The zero-order valence-electron chi connectivity index (χ0n) is 17.0. The first-order chi connectivity index (χ1) is 14.8. The summed E-state index contributed by atoms with van der Waals surface area (Å²) in [7, 11) is 0. The highest BCUT2D eigenvalue weighted by Gasteiger charge is 2.24. The number of benzene rings is 1. The Kier molecular flexibility index (Phi) is 5.73. The number of nitrogens with one attached hydrogen (secondary N) is 1. The van der Waals surface area contributed by atoms with E-state index in [1.807, 2.05) is 0 Å². The monoisotopic (exact) mass is 444 g/mol. The van der Waals surface area contributed by atoms with Crippen molar-refractivity contribution in [2.24, 2.45) is 0 Å². The minimum atomic E-state index is -1.02. The Morgan fingerprint density at radius 2 is 2.16 bits per heavy atom. The Balaban J connectivity index is 1.66. The number of carboxylic acids is 1. The number of ether oxygens (including phenoxy) is 1. The molecule has 0 aliphatic carbocycles. The zero-order chi connectivity index (χ0) is 22.1. The summed E-state index contributed by atoms with van der Waals surface area (Å²) in [4.78, 5) is 34.1. The summed E-state index contributed by atoms with van der Waals surface area (Å²) < 4.78 is 20.1. The van der Waals surface area contributed by atoms with E-state index in [1.54, 1.807) is 17.9 Å². The van der Waals surface area contributed by atoms with E-state index in [0.717, 1.165) is 24.2 Å². The van der Waals surface area contributed by atoms with Crippen LogP contribution in [0.5, 0.6) is 5.75 Å². The van der Waals surface area contributed by atoms with Gasteiger partial charge in [0.1, 0.15) is 39.5 Å². The SMILES string of the molecule is CC(=O)N1CCCC(Oc2cc(F)ccc2Nc2ncnc3sc(C(=O)O)c(C)c23)C1. The first-order valence-corrected chi connectivity index (χ1v) is 10.6. The Labute approximate surface area is 181 Å². The van der Waals surface area contributed by atoms with Gasteiger partial charge in [-0.05, 0) is 37.5 Å². The van der Waals surface area contributed by atoms with Crippen molar-refractivity contribution >= 4 is 44.9 Å². The lowest BCUT2D eigenvalue weighted by atomic mass is 10.1. The van der Waals surface area contributed by atoms with Crippen molar-refractivity contribution in [3.05, 3.63) is 40.8 Å². The molecule has 2 aromatic heterocycles. The van der Waals surface area contributed by atoms with Crippen LogP contribution >= 0.6 is 11.3 Å². The topological polar surface area (TPSA) is 105 Å². The molecule has 31 heavy (non-hydrogen) atoms. The molecule has 3 heterocycles. The summed E-state index contributed by atoms with van der Waals surface area (Å²) in [5.74, 6) is -0.779. The number of carbonyl (C=O) groups is 2. The molecule has 0 spiro atoms. The lowest BCUT2D eigenvalue weighted by Gasteiger charge is -2.32. The third-order valence-electron chi connectivity index (χ3n) is 5.23. The van der Waals surface area contributed by atoms with E-state index in [0.29, 0.717) is 46.1 Å². The molecule has 1 fully saturated rings. The van der Waals surface area contributed by atoms with Gasteiger partial charge in [0.25, 0.3) is 0 Å². The van der Waals surface area contributed by atoms with Gasteiger partial charge in [0.15, 0.2) is 0 Å². The highest BCUT2D eigenvalue weighted by Crippen LogP contribution is 2.37. The van der Waals surface area contributed by atoms with Gasteiger partial charge in [-0.3, -0.25) is 4.79 Å².